The minimum absolute atomic E-state index is 0.124. The van der Waals surface area contributed by atoms with Gasteiger partial charge in [-0.15, -0.1) is 0 Å². The van der Waals surface area contributed by atoms with Crippen LogP contribution in [0.2, 0.25) is 0 Å². The predicted octanol–water partition coefficient (Wildman–Crippen LogP) is 3.06. The number of ether oxygens (including phenoxy) is 3. The van der Waals surface area contributed by atoms with Gasteiger partial charge in [0.05, 0.1) is 19.6 Å². The minimum Gasteiger partial charge on any atom is -0.497 e. The maximum atomic E-state index is 12.0. The molecule has 1 aliphatic rings. The lowest BCUT2D eigenvalue weighted by Gasteiger charge is -2.32. The van der Waals surface area contributed by atoms with Gasteiger partial charge in [0.2, 0.25) is 5.88 Å². The van der Waals surface area contributed by atoms with Crippen molar-refractivity contribution in [2.75, 3.05) is 31.7 Å². The van der Waals surface area contributed by atoms with Gasteiger partial charge in [-0.25, -0.2) is 9.97 Å². The van der Waals surface area contributed by atoms with Gasteiger partial charge in [-0.2, -0.15) is 0 Å². The van der Waals surface area contributed by atoms with Crippen LogP contribution < -0.4 is 14.4 Å². The summed E-state index contributed by atoms with van der Waals surface area (Å²) < 4.78 is 16.2. The number of methoxy groups -OCH3 is 1. The molecule has 1 aromatic carbocycles. The fraction of sp³-hybridized carbons (Fsp3) is 0.421. The number of esters is 1. The first-order valence-corrected chi connectivity index (χ1v) is 8.75. The summed E-state index contributed by atoms with van der Waals surface area (Å²) in [5.74, 6) is 2.27. The first-order valence-electron chi connectivity index (χ1n) is 8.75. The van der Waals surface area contributed by atoms with Crippen LogP contribution in [0.1, 0.15) is 19.8 Å². The van der Waals surface area contributed by atoms with E-state index >= 15 is 0 Å². The van der Waals surface area contributed by atoms with Crippen LogP contribution in [0, 0.1) is 5.92 Å². The molecule has 7 nitrogen and oxygen atoms in total. The van der Waals surface area contributed by atoms with Gasteiger partial charge >= 0.3 is 5.97 Å². The molecule has 1 saturated heterocycles. The second-order valence-electron chi connectivity index (χ2n) is 6.03. The average molecular weight is 357 g/mol. The van der Waals surface area contributed by atoms with E-state index in [1.807, 2.05) is 25.1 Å². The Morgan fingerprint density at radius 2 is 2.12 bits per heavy atom. The molecule has 0 radical (unpaired) electrons. The van der Waals surface area contributed by atoms with E-state index in [0.717, 1.165) is 25.2 Å². The molecule has 1 fully saturated rings. The van der Waals surface area contributed by atoms with E-state index in [1.54, 1.807) is 19.2 Å². The highest BCUT2D eigenvalue weighted by atomic mass is 16.5. The van der Waals surface area contributed by atoms with Crippen molar-refractivity contribution in [1.29, 1.82) is 0 Å². The molecule has 1 aliphatic heterocycles. The molecule has 2 aromatic rings. The van der Waals surface area contributed by atoms with Gasteiger partial charge in [0.1, 0.15) is 23.6 Å². The van der Waals surface area contributed by atoms with Gasteiger partial charge in [0.25, 0.3) is 0 Å². The van der Waals surface area contributed by atoms with E-state index in [2.05, 4.69) is 14.9 Å². The molecule has 0 saturated carbocycles. The molecule has 26 heavy (non-hydrogen) atoms. The first kappa shape index (κ1) is 18.0. The SMILES string of the molecule is CCOC(=O)C1CCCN(c2cc(Oc3cccc(OC)c3)ncn2)C1. The molecular weight excluding hydrogens is 334 g/mol. The Bertz CT molecular complexity index is 753. The van der Waals surface area contributed by atoms with Gasteiger partial charge in [0, 0.05) is 25.2 Å². The molecule has 138 valence electrons. The van der Waals surface area contributed by atoms with Crippen molar-refractivity contribution in [1.82, 2.24) is 9.97 Å². The van der Waals surface area contributed by atoms with Gasteiger partial charge in [0.15, 0.2) is 0 Å². The number of hydrogen-bond donors (Lipinski definition) is 0. The third-order valence-electron chi connectivity index (χ3n) is 4.26. The van der Waals surface area contributed by atoms with Crippen molar-refractivity contribution in [3.63, 3.8) is 0 Å². The molecule has 1 unspecified atom stereocenters. The van der Waals surface area contributed by atoms with Crippen LogP contribution >= 0.6 is 0 Å². The maximum absolute atomic E-state index is 12.0. The summed E-state index contributed by atoms with van der Waals surface area (Å²) in [6.07, 6.45) is 3.23. The number of benzene rings is 1. The Morgan fingerprint density at radius 3 is 2.92 bits per heavy atom. The van der Waals surface area contributed by atoms with E-state index in [9.17, 15) is 4.79 Å². The van der Waals surface area contributed by atoms with Crippen LogP contribution in [0.4, 0.5) is 5.82 Å². The third kappa shape index (κ3) is 4.41. The zero-order chi connectivity index (χ0) is 18.4. The number of hydrogen-bond acceptors (Lipinski definition) is 7. The van der Waals surface area contributed by atoms with Gasteiger partial charge in [-0.05, 0) is 31.9 Å². The van der Waals surface area contributed by atoms with Crippen molar-refractivity contribution >= 4 is 11.8 Å². The van der Waals surface area contributed by atoms with Crippen molar-refractivity contribution in [3.8, 4) is 17.4 Å². The van der Waals surface area contributed by atoms with Crippen molar-refractivity contribution < 1.29 is 19.0 Å². The smallest absolute Gasteiger partial charge is 0.310 e. The van der Waals surface area contributed by atoms with Crippen LogP contribution in [-0.4, -0.2) is 42.7 Å². The molecule has 0 aliphatic carbocycles. The van der Waals surface area contributed by atoms with Gasteiger partial charge < -0.3 is 19.1 Å². The number of anilines is 1. The fourth-order valence-electron chi connectivity index (χ4n) is 2.98. The molecule has 0 amide bonds. The van der Waals surface area contributed by atoms with E-state index in [4.69, 9.17) is 14.2 Å². The van der Waals surface area contributed by atoms with Crippen molar-refractivity contribution in [2.45, 2.75) is 19.8 Å². The molecule has 2 heterocycles. The number of piperidine rings is 1. The average Bonchev–Trinajstić information content (AvgIpc) is 2.68. The fourth-order valence-corrected chi connectivity index (χ4v) is 2.98. The highest BCUT2D eigenvalue weighted by Gasteiger charge is 2.27. The standard InChI is InChI=1S/C19H23N3O4/c1-3-25-19(23)14-6-5-9-22(12-14)17-11-18(21-13-20-17)26-16-8-4-7-15(10-16)24-2/h4,7-8,10-11,13-14H,3,5-6,9,12H2,1-2H3. The summed E-state index contributed by atoms with van der Waals surface area (Å²) in [5, 5.41) is 0. The predicted molar refractivity (Wildman–Crippen MR) is 96.7 cm³/mol. The van der Waals surface area contributed by atoms with E-state index in [1.165, 1.54) is 6.33 Å². The summed E-state index contributed by atoms with van der Waals surface area (Å²) in [6.45, 7) is 3.66. The molecule has 0 spiro atoms. The molecular formula is C19H23N3O4. The van der Waals surface area contributed by atoms with E-state index in [0.29, 0.717) is 30.5 Å². The Morgan fingerprint density at radius 1 is 1.27 bits per heavy atom. The lowest BCUT2D eigenvalue weighted by Crippen LogP contribution is -2.39. The molecule has 0 bridgehead atoms. The van der Waals surface area contributed by atoms with Crippen molar-refractivity contribution in [3.05, 3.63) is 36.7 Å². The van der Waals surface area contributed by atoms with Crippen molar-refractivity contribution in [2.24, 2.45) is 5.92 Å². The van der Waals surface area contributed by atoms with Crippen LogP contribution in [0.15, 0.2) is 36.7 Å². The number of carbonyl (C=O) groups excluding carboxylic acids is 1. The Labute approximate surface area is 152 Å². The molecule has 0 N–H and O–H groups in total. The maximum Gasteiger partial charge on any atom is 0.310 e. The third-order valence-corrected chi connectivity index (χ3v) is 4.26. The van der Waals surface area contributed by atoms with Gasteiger partial charge in [-0.3, -0.25) is 4.79 Å². The van der Waals surface area contributed by atoms with E-state index < -0.39 is 0 Å². The number of nitrogens with zero attached hydrogens (tertiary/aromatic N) is 3. The monoisotopic (exact) mass is 357 g/mol. The highest BCUT2D eigenvalue weighted by Crippen LogP contribution is 2.27. The largest absolute Gasteiger partial charge is 0.497 e. The lowest BCUT2D eigenvalue weighted by atomic mass is 9.98. The summed E-state index contributed by atoms with van der Waals surface area (Å²) in [5.41, 5.74) is 0. The first-order chi connectivity index (χ1) is 12.7. The van der Waals surface area contributed by atoms with E-state index in [-0.39, 0.29) is 11.9 Å². The summed E-state index contributed by atoms with van der Waals surface area (Å²) >= 11 is 0. The Kier molecular flexibility index (Phi) is 5.88. The second kappa shape index (κ2) is 8.51. The number of rotatable bonds is 6. The van der Waals surface area contributed by atoms with Crippen LogP contribution in [0.5, 0.6) is 17.4 Å². The number of aromatic nitrogens is 2. The van der Waals surface area contributed by atoms with Crippen LogP contribution in [0.25, 0.3) is 0 Å². The number of carbonyl (C=O) groups is 1. The second-order valence-corrected chi connectivity index (χ2v) is 6.03. The van der Waals surface area contributed by atoms with Crippen LogP contribution in [-0.2, 0) is 9.53 Å². The minimum atomic E-state index is -0.140. The lowest BCUT2D eigenvalue weighted by molar-refractivity contribution is -0.148. The summed E-state index contributed by atoms with van der Waals surface area (Å²) in [6, 6.07) is 9.11. The van der Waals surface area contributed by atoms with Crippen LogP contribution in [0.3, 0.4) is 0 Å². The van der Waals surface area contributed by atoms with Gasteiger partial charge in [-0.1, -0.05) is 6.07 Å². The zero-order valence-corrected chi connectivity index (χ0v) is 15.1. The molecule has 7 heteroatoms. The summed E-state index contributed by atoms with van der Waals surface area (Å²) in [4.78, 5) is 22.6. The molecule has 3 rings (SSSR count). The molecule has 1 atom stereocenters. The Hall–Kier alpha value is -2.83. The topological polar surface area (TPSA) is 73.8 Å². The summed E-state index contributed by atoms with van der Waals surface area (Å²) in [7, 11) is 1.61. The zero-order valence-electron chi connectivity index (χ0n) is 15.1. The normalized spacial score (nSPS) is 16.8. The highest BCUT2D eigenvalue weighted by molar-refractivity contribution is 5.73. The molecule has 1 aromatic heterocycles. The quantitative estimate of drug-likeness (QED) is 0.736. The Balaban J connectivity index is 1.71.